The first-order chi connectivity index (χ1) is 10.5. The highest BCUT2D eigenvalue weighted by Crippen LogP contribution is 2.46. The number of ether oxygens (including phenoxy) is 2. The van der Waals surface area contributed by atoms with Crippen LogP contribution in [0.1, 0.15) is 0 Å². The molecule has 22 heavy (non-hydrogen) atoms. The second kappa shape index (κ2) is 6.97. The molecule has 0 unspecified atom stereocenters. The maximum Gasteiger partial charge on any atom is 0.320 e. The molecule has 0 N–H and O–H groups in total. The molecule has 0 amide bonds. The lowest BCUT2D eigenvalue weighted by Crippen LogP contribution is -2.35. The predicted octanol–water partition coefficient (Wildman–Crippen LogP) is 2.99. The number of halogens is 5. The van der Waals surface area contributed by atoms with Gasteiger partial charge in [0, 0.05) is 12.1 Å². The van der Waals surface area contributed by atoms with Crippen LogP contribution in [0.4, 0.5) is 22.0 Å². The zero-order valence-electron chi connectivity index (χ0n) is 11.4. The summed E-state index contributed by atoms with van der Waals surface area (Å²) in [6, 6.07) is 5.49. The van der Waals surface area contributed by atoms with Crippen molar-refractivity contribution in [2.45, 2.75) is 12.4 Å². The third kappa shape index (κ3) is 3.33. The Hall–Kier alpha value is -1.80. The molecule has 1 aromatic heterocycles. The minimum absolute atomic E-state index is 0.192. The van der Waals surface area contributed by atoms with Gasteiger partial charge < -0.3 is 9.47 Å². The minimum atomic E-state index is -3.84. The van der Waals surface area contributed by atoms with Crippen molar-refractivity contribution in [1.82, 2.24) is 0 Å². The lowest BCUT2D eigenvalue weighted by Gasteiger charge is -2.18. The molecule has 3 nitrogen and oxygen atoms in total. The minimum Gasteiger partial charge on any atom is -0.372 e. The summed E-state index contributed by atoms with van der Waals surface area (Å²) in [5.74, 6) is -12.8. The Kier molecular flexibility index (Phi) is 5.25. The van der Waals surface area contributed by atoms with Gasteiger partial charge in [-0.05, 0) is 0 Å². The van der Waals surface area contributed by atoms with E-state index in [2.05, 4.69) is 4.74 Å². The van der Waals surface area contributed by atoms with E-state index in [1.54, 1.807) is 12.4 Å². The maximum atomic E-state index is 13.7. The van der Waals surface area contributed by atoms with Gasteiger partial charge in [-0.25, -0.2) is 22.1 Å². The highest BCUT2D eigenvalue weighted by molar-refractivity contribution is 5.42. The van der Waals surface area contributed by atoms with E-state index in [9.17, 15) is 22.0 Å². The van der Waals surface area contributed by atoms with Crippen LogP contribution >= 0.6 is 0 Å². The van der Waals surface area contributed by atoms with Crippen LogP contribution in [0.25, 0.3) is 0 Å². The molecule has 0 aromatic carbocycles. The van der Waals surface area contributed by atoms with Crippen LogP contribution in [-0.4, -0.2) is 25.7 Å². The quantitative estimate of drug-likeness (QED) is 0.437. The summed E-state index contributed by atoms with van der Waals surface area (Å²) in [6.45, 7) is -0.00962. The molecule has 0 radical (unpaired) electrons. The van der Waals surface area contributed by atoms with Crippen molar-refractivity contribution in [3.8, 4) is 0 Å². The Balaban J connectivity index is 1.73. The summed E-state index contributed by atoms with van der Waals surface area (Å²) < 4.78 is 76.6. The molecule has 0 saturated heterocycles. The van der Waals surface area contributed by atoms with Gasteiger partial charge in [0.05, 0.1) is 13.2 Å². The first-order valence-electron chi connectivity index (χ1n) is 6.43. The van der Waals surface area contributed by atoms with Crippen LogP contribution in [0.15, 0.2) is 53.9 Å². The first-order valence-corrected chi connectivity index (χ1v) is 6.43. The fraction of sp³-hybridized carbons (Fsp3) is 0.357. The number of rotatable bonds is 7. The molecule has 1 heterocycles. The Morgan fingerprint density at radius 1 is 0.864 bits per heavy atom. The molecular weight excluding hydrogens is 309 g/mol. The van der Waals surface area contributed by atoms with Crippen LogP contribution in [-0.2, 0) is 16.0 Å². The van der Waals surface area contributed by atoms with E-state index < -0.39 is 35.8 Å². The molecular formula is C14H13F5NO2+. The third-order valence-corrected chi connectivity index (χ3v) is 2.94. The van der Waals surface area contributed by atoms with Crippen LogP contribution < -0.4 is 4.57 Å². The molecule has 1 aliphatic carbocycles. The van der Waals surface area contributed by atoms with Gasteiger partial charge in [-0.15, -0.1) is 0 Å². The molecule has 2 rings (SSSR count). The van der Waals surface area contributed by atoms with E-state index in [1.165, 1.54) is 0 Å². The monoisotopic (exact) mass is 322 g/mol. The van der Waals surface area contributed by atoms with Crippen LogP contribution in [0.3, 0.4) is 0 Å². The van der Waals surface area contributed by atoms with E-state index in [0.717, 1.165) is 0 Å². The fourth-order valence-electron chi connectivity index (χ4n) is 1.79. The Bertz CT molecular complexity index is 564. The summed E-state index contributed by atoms with van der Waals surface area (Å²) in [4.78, 5) is 0. The molecule has 1 aliphatic rings. The van der Waals surface area contributed by atoms with Crippen LogP contribution in [0.2, 0.25) is 0 Å². The highest BCUT2D eigenvalue weighted by atomic mass is 19.2. The van der Waals surface area contributed by atoms with Crippen molar-refractivity contribution in [1.29, 1.82) is 0 Å². The van der Waals surface area contributed by atoms with Gasteiger partial charge >= 0.3 is 5.85 Å². The number of aromatic nitrogens is 1. The van der Waals surface area contributed by atoms with E-state index in [1.807, 2.05) is 22.8 Å². The van der Waals surface area contributed by atoms with Gasteiger partial charge in [-0.1, -0.05) is 6.07 Å². The molecule has 1 aromatic rings. The predicted molar refractivity (Wildman–Crippen MR) is 65.7 cm³/mol. The topological polar surface area (TPSA) is 22.3 Å². The summed E-state index contributed by atoms with van der Waals surface area (Å²) in [5, 5.41) is 0. The van der Waals surface area contributed by atoms with Gasteiger partial charge in [0.15, 0.2) is 30.6 Å². The number of allylic oxidation sites excluding steroid dienone is 2. The molecule has 0 saturated carbocycles. The molecule has 0 spiro atoms. The smallest absolute Gasteiger partial charge is 0.320 e. The third-order valence-electron chi connectivity index (χ3n) is 2.94. The molecule has 0 atom stereocenters. The molecule has 120 valence electrons. The van der Waals surface area contributed by atoms with Gasteiger partial charge in [0.2, 0.25) is 11.7 Å². The van der Waals surface area contributed by atoms with Crippen molar-refractivity contribution in [2.75, 3.05) is 19.8 Å². The largest absolute Gasteiger partial charge is 0.372 e. The van der Waals surface area contributed by atoms with Crippen molar-refractivity contribution >= 4 is 0 Å². The van der Waals surface area contributed by atoms with Crippen molar-refractivity contribution in [3.63, 3.8) is 0 Å². The fourth-order valence-corrected chi connectivity index (χ4v) is 1.79. The van der Waals surface area contributed by atoms with Gasteiger partial charge in [0.25, 0.3) is 0 Å². The first kappa shape index (κ1) is 16.6. The average molecular weight is 322 g/mol. The highest BCUT2D eigenvalue weighted by Gasteiger charge is 2.53. The summed E-state index contributed by atoms with van der Waals surface area (Å²) >= 11 is 0. The second-order valence-electron chi connectivity index (χ2n) is 4.43. The summed E-state index contributed by atoms with van der Waals surface area (Å²) in [6.07, 6.45) is 3.61. The maximum absolute atomic E-state index is 13.7. The van der Waals surface area contributed by atoms with Crippen LogP contribution in [0.5, 0.6) is 0 Å². The van der Waals surface area contributed by atoms with E-state index in [0.29, 0.717) is 6.54 Å². The number of nitrogens with zero attached hydrogens (tertiary/aromatic N) is 1. The van der Waals surface area contributed by atoms with Crippen molar-refractivity contribution < 1.29 is 36.0 Å². The summed E-state index contributed by atoms with van der Waals surface area (Å²) in [7, 11) is 0. The average Bonchev–Trinajstić information content (AvgIpc) is 2.68. The number of hydrogen-bond acceptors (Lipinski definition) is 2. The zero-order chi connectivity index (χ0) is 16.2. The molecule has 0 aliphatic heterocycles. The molecule has 0 fully saturated rings. The van der Waals surface area contributed by atoms with E-state index in [4.69, 9.17) is 4.74 Å². The standard InChI is InChI=1S/C14H13F5NO2/c15-10-11(16)13(18)14(19,12(10)17)22-9-8-21-7-6-20-4-2-1-3-5-20/h1-5H,6-9H2/q+1. The number of alkyl halides is 1. The lowest BCUT2D eigenvalue weighted by atomic mass is 10.3. The van der Waals surface area contributed by atoms with Gasteiger partial charge in [-0.2, -0.15) is 4.39 Å². The normalized spacial score (nSPS) is 17.5. The SMILES string of the molecule is FC1=C(F)C(F)(OCCOCC[n+]2ccccc2)C(F)=C1F. The van der Waals surface area contributed by atoms with Gasteiger partial charge in [0.1, 0.15) is 6.61 Å². The number of hydrogen-bond donors (Lipinski definition) is 0. The Morgan fingerprint density at radius 2 is 1.45 bits per heavy atom. The zero-order valence-corrected chi connectivity index (χ0v) is 11.4. The lowest BCUT2D eigenvalue weighted by molar-refractivity contribution is -0.698. The van der Waals surface area contributed by atoms with Crippen molar-refractivity contribution in [2.24, 2.45) is 0 Å². The van der Waals surface area contributed by atoms with Crippen molar-refractivity contribution in [3.05, 3.63) is 53.9 Å². The molecule has 8 heteroatoms. The number of pyridine rings is 1. The summed E-state index contributed by atoms with van der Waals surface area (Å²) in [5.41, 5.74) is 0. The van der Waals surface area contributed by atoms with Crippen LogP contribution in [0, 0.1) is 0 Å². The Morgan fingerprint density at radius 3 is 2.05 bits per heavy atom. The van der Waals surface area contributed by atoms with E-state index >= 15 is 0 Å². The Labute approximate surface area is 123 Å². The van der Waals surface area contributed by atoms with Gasteiger partial charge in [-0.3, -0.25) is 0 Å². The molecule has 0 bridgehead atoms. The second-order valence-corrected chi connectivity index (χ2v) is 4.43. The van der Waals surface area contributed by atoms with E-state index in [-0.39, 0.29) is 13.2 Å².